The summed E-state index contributed by atoms with van der Waals surface area (Å²) in [5.74, 6) is 2.07. The van der Waals surface area contributed by atoms with Gasteiger partial charge in [-0.05, 0) is 31.0 Å². The van der Waals surface area contributed by atoms with Gasteiger partial charge in [0.1, 0.15) is 12.7 Å². The predicted molar refractivity (Wildman–Crippen MR) is 90.4 cm³/mol. The van der Waals surface area contributed by atoms with Gasteiger partial charge in [0.2, 0.25) is 5.91 Å². The summed E-state index contributed by atoms with van der Waals surface area (Å²) in [7, 11) is 0. The van der Waals surface area contributed by atoms with Crippen molar-refractivity contribution in [1.82, 2.24) is 10.2 Å². The van der Waals surface area contributed by atoms with Crippen molar-refractivity contribution < 1.29 is 19.0 Å². The maximum atomic E-state index is 12.2. The van der Waals surface area contributed by atoms with Crippen LogP contribution in [0.15, 0.2) is 24.3 Å². The fourth-order valence-corrected chi connectivity index (χ4v) is 3.05. The number of likely N-dealkylation sites (N-methyl/N-ethyl adjacent to an activating group) is 1. The molecule has 6 heteroatoms. The zero-order valence-corrected chi connectivity index (χ0v) is 14.2. The maximum Gasteiger partial charge on any atom is 0.234 e. The summed E-state index contributed by atoms with van der Waals surface area (Å²) in [5, 5.41) is 2.96. The molecule has 0 radical (unpaired) electrons. The lowest BCUT2D eigenvalue weighted by Crippen LogP contribution is -2.45. The highest BCUT2D eigenvalue weighted by Gasteiger charge is 2.22. The highest BCUT2D eigenvalue weighted by molar-refractivity contribution is 5.78. The Kier molecular flexibility index (Phi) is 5.93. The molecule has 6 nitrogen and oxygen atoms in total. The van der Waals surface area contributed by atoms with Crippen molar-refractivity contribution in [2.75, 3.05) is 46.0 Å². The van der Waals surface area contributed by atoms with E-state index in [1.807, 2.05) is 24.3 Å². The summed E-state index contributed by atoms with van der Waals surface area (Å²) in [5.41, 5.74) is 0. The highest BCUT2D eigenvalue weighted by atomic mass is 16.6. The van der Waals surface area contributed by atoms with Crippen molar-refractivity contribution in [1.29, 1.82) is 0 Å². The molecular formula is C18H26N2O4. The van der Waals surface area contributed by atoms with Gasteiger partial charge in [-0.2, -0.15) is 0 Å². The number of hydrogen-bond donors (Lipinski definition) is 1. The molecule has 2 aliphatic rings. The van der Waals surface area contributed by atoms with E-state index < -0.39 is 0 Å². The van der Waals surface area contributed by atoms with Gasteiger partial charge in [0.25, 0.3) is 0 Å². The van der Waals surface area contributed by atoms with Gasteiger partial charge in [0.15, 0.2) is 11.5 Å². The Labute approximate surface area is 143 Å². The fraction of sp³-hybridized carbons (Fsp3) is 0.611. The van der Waals surface area contributed by atoms with Crippen LogP contribution in [0, 0.1) is 5.92 Å². The smallest absolute Gasteiger partial charge is 0.234 e. The first kappa shape index (κ1) is 17.0. The molecule has 1 aromatic carbocycles. The van der Waals surface area contributed by atoms with Gasteiger partial charge < -0.3 is 19.5 Å². The molecule has 1 aromatic rings. The van der Waals surface area contributed by atoms with Crippen LogP contribution in [0.25, 0.3) is 0 Å². The summed E-state index contributed by atoms with van der Waals surface area (Å²) in [4.78, 5) is 14.4. The second-order valence-corrected chi connectivity index (χ2v) is 6.36. The van der Waals surface area contributed by atoms with Gasteiger partial charge in [-0.3, -0.25) is 9.69 Å². The van der Waals surface area contributed by atoms with E-state index in [-0.39, 0.29) is 12.0 Å². The molecule has 1 fully saturated rings. The third-order valence-electron chi connectivity index (χ3n) is 4.45. The summed E-state index contributed by atoms with van der Waals surface area (Å²) in [6.07, 6.45) is 0.937. The van der Waals surface area contributed by atoms with E-state index >= 15 is 0 Å². The van der Waals surface area contributed by atoms with Gasteiger partial charge >= 0.3 is 0 Å². The number of para-hydroxylation sites is 2. The number of fused-ring (bicyclic) bond motifs is 1. The lowest BCUT2D eigenvalue weighted by molar-refractivity contribution is -0.122. The SMILES string of the molecule is CCN(CC(=O)NCC1COc2ccccc2O1)CC1CCOC1. The number of nitrogens with zero attached hydrogens (tertiary/aromatic N) is 1. The molecule has 0 spiro atoms. The molecule has 1 N–H and O–H groups in total. The van der Waals surface area contributed by atoms with E-state index in [0.29, 0.717) is 25.6 Å². The van der Waals surface area contributed by atoms with E-state index in [2.05, 4.69) is 17.1 Å². The molecule has 2 unspecified atom stereocenters. The van der Waals surface area contributed by atoms with Crippen LogP contribution in [0.4, 0.5) is 0 Å². The van der Waals surface area contributed by atoms with Crippen molar-refractivity contribution in [3.63, 3.8) is 0 Å². The lowest BCUT2D eigenvalue weighted by Gasteiger charge is -2.27. The number of carbonyl (C=O) groups excluding carboxylic acids is 1. The van der Waals surface area contributed by atoms with Crippen LogP contribution in [0.3, 0.4) is 0 Å². The topological polar surface area (TPSA) is 60.0 Å². The minimum atomic E-state index is -0.151. The van der Waals surface area contributed by atoms with Gasteiger partial charge in [0.05, 0.1) is 19.7 Å². The molecule has 2 atom stereocenters. The van der Waals surface area contributed by atoms with E-state index in [1.165, 1.54) is 0 Å². The largest absolute Gasteiger partial charge is 0.486 e. The quantitative estimate of drug-likeness (QED) is 0.814. The highest BCUT2D eigenvalue weighted by Crippen LogP contribution is 2.30. The Morgan fingerprint density at radius 1 is 1.29 bits per heavy atom. The van der Waals surface area contributed by atoms with Crippen LogP contribution in [0.5, 0.6) is 11.5 Å². The number of rotatable bonds is 7. The fourth-order valence-electron chi connectivity index (χ4n) is 3.05. The second kappa shape index (κ2) is 8.35. The molecule has 0 aromatic heterocycles. The first-order chi connectivity index (χ1) is 11.7. The lowest BCUT2D eigenvalue weighted by atomic mass is 10.1. The van der Waals surface area contributed by atoms with Crippen LogP contribution in [0.1, 0.15) is 13.3 Å². The molecule has 3 rings (SSSR count). The Morgan fingerprint density at radius 3 is 2.88 bits per heavy atom. The van der Waals surface area contributed by atoms with Crippen molar-refractivity contribution >= 4 is 5.91 Å². The van der Waals surface area contributed by atoms with Crippen molar-refractivity contribution in [3.05, 3.63) is 24.3 Å². The third kappa shape index (κ3) is 4.61. The molecule has 132 valence electrons. The standard InChI is InChI=1S/C18H26N2O4/c1-2-20(10-14-7-8-22-12-14)11-18(21)19-9-15-13-23-16-5-3-4-6-17(16)24-15/h3-6,14-15H,2,7-13H2,1H3,(H,19,21). The Bertz CT molecular complexity index is 546. The number of nitrogens with one attached hydrogen (secondary N) is 1. The number of carbonyl (C=O) groups is 1. The van der Waals surface area contributed by atoms with Crippen molar-refractivity contribution in [3.8, 4) is 11.5 Å². The van der Waals surface area contributed by atoms with Crippen molar-refractivity contribution in [2.24, 2.45) is 5.92 Å². The minimum Gasteiger partial charge on any atom is -0.486 e. The average Bonchev–Trinajstić information content (AvgIpc) is 3.12. The van der Waals surface area contributed by atoms with Crippen molar-refractivity contribution in [2.45, 2.75) is 19.4 Å². The molecule has 0 saturated carbocycles. The molecule has 24 heavy (non-hydrogen) atoms. The predicted octanol–water partition coefficient (Wildman–Crippen LogP) is 1.30. The number of ether oxygens (including phenoxy) is 3. The second-order valence-electron chi connectivity index (χ2n) is 6.36. The van der Waals surface area contributed by atoms with E-state index in [1.54, 1.807) is 0 Å². The number of hydrogen-bond acceptors (Lipinski definition) is 5. The molecule has 0 bridgehead atoms. The molecule has 2 heterocycles. The van der Waals surface area contributed by atoms with E-state index in [4.69, 9.17) is 14.2 Å². The van der Waals surface area contributed by atoms with Crippen LogP contribution >= 0.6 is 0 Å². The molecular weight excluding hydrogens is 308 g/mol. The third-order valence-corrected chi connectivity index (χ3v) is 4.45. The van der Waals surface area contributed by atoms with Gasteiger partial charge in [0, 0.05) is 13.2 Å². The Morgan fingerprint density at radius 2 is 2.12 bits per heavy atom. The molecule has 2 aliphatic heterocycles. The zero-order valence-electron chi connectivity index (χ0n) is 14.2. The van der Waals surface area contributed by atoms with Crippen LogP contribution in [-0.4, -0.2) is 62.9 Å². The van der Waals surface area contributed by atoms with Crippen LogP contribution in [-0.2, 0) is 9.53 Å². The summed E-state index contributed by atoms with van der Waals surface area (Å²) >= 11 is 0. The summed E-state index contributed by atoms with van der Waals surface area (Å²) in [6.45, 7) is 6.83. The summed E-state index contributed by atoms with van der Waals surface area (Å²) in [6, 6.07) is 7.59. The zero-order chi connectivity index (χ0) is 16.8. The maximum absolute atomic E-state index is 12.2. The normalized spacial score (nSPS) is 22.6. The van der Waals surface area contributed by atoms with Gasteiger partial charge in [-0.25, -0.2) is 0 Å². The van der Waals surface area contributed by atoms with Crippen LogP contribution < -0.4 is 14.8 Å². The number of benzene rings is 1. The number of amides is 1. The molecule has 1 saturated heterocycles. The first-order valence-corrected chi connectivity index (χ1v) is 8.70. The molecule has 1 amide bonds. The first-order valence-electron chi connectivity index (χ1n) is 8.70. The van der Waals surface area contributed by atoms with Gasteiger partial charge in [-0.15, -0.1) is 0 Å². The Balaban J connectivity index is 1.40. The minimum absolute atomic E-state index is 0.0261. The van der Waals surface area contributed by atoms with E-state index in [0.717, 1.165) is 44.2 Å². The summed E-state index contributed by atoms with van der Waals surface area (Å²) < 4.78 is 16.9. The average molecular weight is 334 g/mol. The monoisotopic (exact) mass is 334 g/mol. The van der Waals surface area contributed by atoms with Gasteiger partial charge in [-0.1, -0.05) is 19.1 Å². The molecule has 0 aliphatic carbocycles. The van der Waals surface area contributed by atoms with E-state index in [9.17, 15) is 4.79 Å². The Hall–Kier alpha value is -1.79. The van der Waals surface area contributed by atoms with Crippen LogP contribution in [0.2, 0.25) is 0 Å².